The van der Waals surface area contributed by atoms with Crippen molar-refractivity contribution >= 4 is 23.2 Å². The number of piperazine rings is 1. The molecule has 154 valence electrons. The molecule has 0 radical (unpaired) electrons. The van der Waals surface area contributed by atoms with Gasteiger partial charge in [0.1, 0.15) is 5.69 Å². The summed E-state index contributed by atoms with van der Waals surface area (Å²) in [4.78, 5) is 38.6. The Morgan fingerprint density at radius 2 is 1.86 bits per heavy atom. The summed E-state index contributed by atoms with van der Waals surface area (Å²) in [5.74, 6) is 0.0417. The Morgan fingerprint density at radius 1 is 1.14 bits per heavy atom. The average molecular weight is 391 g/mol. The number of nitrogens with zero attached hydrogens (tertiary/aromatic N) is 3. The molecule has 9 nitrogen and oxygen atoms in total. The maximum Gasteiger partial charge on any atom is 0.292 e. The highest BCUT2D eigenvalue weighted by atomic mass is 16.6. The van der Waals surface area contributed by atoms with Crippen molar-refractivity contribution in [3.63, 3.8) is 0 Å². The van der Waals surface area contributed by atoms with Crippen LogP contribution in [0, 0.1) is 10.1 Å². The summed E-state index contributed by atoms with van der Waals surface area (Å²) in [6, 6.07) is 6.39. The maximum absolute atomic E-state index is 12.4. The van der Waals surface area contributed by atoms with Gasteiger partial charge in [-0.1, -0.05) is 25.5 Å². The normalized spacial score (nSPS) is 14.5. The molecule has 1 aliphatic heterocycles. The van der Waals surface area contributed by atoms with E-state index in [0.29, 0.717) is 51.5 Å². The summed E-state index contributed by atoms with van der Waals surface area (Å²) >= 11 is 0. The van der Waals surface area contributed by atoms with E-state index in [1.807, 2.05) is 0 Å². The van der Waals surface area contributed by atoms with Gasteiger partial charge >= 0.3 is 0 Å². The highest BCUT2D eigenvalue weighted by molar-refractivity contribution is 5.78. The number of nitro groups is 1. The maximum atomic E-state index is 12.4. The molecular formula is C19H29N5O4. The lowest BCUT2D eigenvalue weighted by atomic mass is 10.2. The van der Waals surface area contributed by atoms with Gasteiger partial charge in [-0.15, -0.1) is 0 Å². The van der Waals surface area contributed by atoms with Crippen LogP contribution < -0.4 is 10.6 Å². The van der Waals surface area contributed by atoms with Crippen LogP contribution in [0.2, 0.25) is 0 Å². The van der Waals surface area contributed by atoms with Gasteiger partial charge in [0.2, 0.25) is 11.8 Å². The van der Waals surface area contributed by atoms with Crippen LogP contribution in [0.4, 0.5) is 11.4 Å². The van der Waals surface area contributed by atoms with E-state index in [2.05, 4.69) is 22.5 Å². The number of carbonyl (C=O) groups is 2. The van der Waals surface area contributed by atoms with Crippen LogP contribution in [0.15, 0.2) is 24.3 Å². The van der Waals surface area contributed by atoms with E-state index in [0.717, 1.165) is 12.8 Å². The van der Waals surface area contributed by atoms with Crippen molar-refractivity contribution in [3.05, 3.63) is 34.4 Å². The molecule has 2 amide bonds. The Hall–Kier alpha value is -2.68. The number of benzene rings is 1. The molecule has 1 aliphatic rings. The molecule has 2 rings (SSSR count). The molecule has 1 aromatic carbocycles. The van der Waals surface area contributed by atoms with E-state index < -0.39 is 4.92 Å². The van der Waals surface area contributed by atoms with E-state index >= 15 is 0 Å². The molecule has 0 atom stereocenters. The Labute approximate surface area is 165 Å². The second-order valence-corrected chi connectivity index (χ2v) is 6.81. The molecule has 0 saturated carbocycles. The molecule has 28 heavy (non-hydrogen) atoms. The minimum atomic E-state index is -0.443. The minimum Gasteiger partial charge on any atom is -0.379 e. The van der Waals surface area contributed by atoms with Crippen LogP contribution in [0.5, 0.6) is 0 Å². The summed E-state index contributed by atoms with van der Waals surface area (Å²) in [6.07, 6.45) is 2.30. The smallest absolute Gasteiger partial charge is 0.292 e. The molecule has 2 N–H and O–H groups in total. The fourth-order valence-corrected chi connectivity index (χ4v) is 3.06. The molecular weight excluding hydrogens is 362 g/mol. The Bertz CT molecular complexity index is 674. The second kappa shape index (κ2) is 11.2. The van der Waals surface area contributed by atoms with Gasteiger partial charge in [0.15, 0.2) is 0 Å². The molecule has 0 unspecified atom stereocenters. The van der Waals surface area contributed by atoms with E-state index in [9.17, 15) is 19.7 Å². The summed E-state index contributed by atoms with van der Waals surface area (Å²) < 4.78 is 0. The summed E-state index contributed by atoms with van der Waals surface area (Å²) in [6.45, 7) is 6.02. The molecule has 1 fully saturated rings. The first-order valence-electron chi connectivity index (χ1n) is 9.75. The fraction of sp³-hybridized carbons (Fsp3) is 0.579. The van der Waals surface area contributed by atoms with E-state index in [-0.39, 0.29) is 23.9 Å². The number of amides is 2. The van der Waals surface area contributed by atoms with Gasteiger partial charge in [-0.25, -0.2) is 0 Å². The lowest BCUT2D eigenvalue weighted by molar-refractivity contribution is -0.384. The van der Waals surface area contributed by atoms with Crippen molar-refractivity contribution in [1.29, 1.82) is 0 Å². The number of unbranched alkanes of at least 4 members (excludes halogenated alkanes) is 1. The van der Waals surface area contributed by atoms with Crippen molar-refractivity contribution in [2.75, 3.05) is 51.1 Å². The number of nitrogens with one attached hydrogen (secondary N) is 2. The Balaban J connectivity index is 1.68. The first kappa shape index (κ1) is 21.6. The van der Waals surface area contributed by atoms with Gasteiger partial charge in [-0.05, 0) is 12.5 Å². The minimum absolute atomic E-state index is 0.000719. The molecule has 0 aliphatic carbocycles. The lowest BCUT2D eigenvalue weighted by Crippen LogP contribution is -2.51. The third-order valence-electron chi connectivity index (χ3n) is 4.70. The van der Waals surface area contributed by atoms with Crippen LogP contribution in [-0.2, 0) is 9.59 Å². The zero-order valence-corrected chi connectivity index (χ0v) is 16.4. The highest BCUT2D eigenvalue weighted by Crippen LogP contribution is 2.22. The molecule has 9 heteroatoms. The largest absolute Gasteiger partial charge is 0.379 e. The zero-order chi connectivity index (χ0) is 20.4. The third kappa shape index (κ3) is 6.80. The van der Waals surface area contributed by atoms with Crippen molar-refractivity contribution in [2.45, 2.75) is 26.2 Å². The quantitative estimate of drug-likeness (QED) is 0.355. The fourth-order valence-electron chi connectivity index (χ4n) is 3.06. The van der Waals surface area contributed by atoms with Gasteiger partial charge < -0.3 is 15.5 Å². The van der Waals surface area contributed by atoms with Crippen molar-refractivity contribution in [1.82, 2.24) is 15.1 Å². The van der Waals surface area contributed by atoms with E-state index in [1.54, 1.807) is 23.1 Å². The van der Waals surface area contributed by atoms with Gasteiger partial charge in [-0.3, -0.25) is 24.6 Å². The number of carbonyl (C=O) groups excluding carboxylic acids is 2. The molecule has 1 aromatic rings. The number of rotatable bonds is 10. The average Bonchev–Trinajstić information content (AvgIpc) is 2.69. The molecule has 0 bridgehead atoms. The SMILES string of the molecule is CCCCNC(=O)CN1CCN(C(=O)CCNc2ccccc2[N+](=O)[O-])CC1. The van der Waals surface area contributed by atoms with Crippen molar-refractivity contribution in [2.24, 2.45) is 0 Å². The zero-order valence-electron chi connectivity index (χ0n) is 16.4. The van der Waals surface area contributed by atoms with Crippen LogP contribution in [0.1, 0.15) is 26.2 Å². The summed E-state index contributed by atoms with van der Waals surface area (Å²) in [7, 11) is 0. The molecule has 0 spiro atoms. The van der Waals surface area contributed by atoms with Crippen LogP contribution in [-0.4, -0.2) is 72.4 Å². The van der Waals surface area contributed by atoms with Crippen molar-refractivity contribution in [3.8, 4) is 0 Å². The number of para-hydroxylation sites is 2. The highest BCUT2D eigenvalue weighted by Gasteiger charge is 2.22. The van der Waals surface area contributed by atoms with Gasteiger partial charge in [0, 0.05) is 51.8 Å². The van der Waals surface area contributed by atoms with Gasteiger partial charge in [0.25, 0.3) is 5.69 Å². The van der Waals surface area contributed by atoms with E-state index in [4.69, 9.17) is 0 Å². The van der Waals surface area contributed by atoms with Gasteiger partial charge in [-0.2, -0.15) is 0 Å². The number of hydrogen-bond donors (Lipinski definition) is 2. The summed E-state index contributed by atoms with van der Waals surface area (Å²) in [5.41, 5.74) is 0.417. The first-order valence-corrected chi connectivity index (χ1v) is 9.75. The lowest BCUT2D eigenvalue weighted by Gasteiger charge is -2.34. The first-order chi connectivity index (χ1) is 13.5. The summed E-state index contributed by atoms with van der Waals surface area (Å²) in [5, 5.41) is 16.9. The van der Waals surface area contributed by atoms with Crippen LogP contribution >= 0.6 is 0 Å². The molecule has 1 heterocycles. The van der Waals surface area contributed by atoms with Crippen molar-refractivity contribution < 1.29 is 14.5 Å². The second-order valence-electron chi connectivity index (χ2n) is 6.81. The van der Waals surface area contributed by atoms with Crippen LogP contribution in [0.3, 0.4) is 0 Å². The van der Waals surface area contributed by atoms with Gasteiger partial charge in [0.05, 0.1) is 11.5 Å². The third-order valence-corrected chi connectivity index (χ3v) is 4.70. The number of anilines is 1. The molecule has 1 saturated heterocycles. The standard InChI is InChI=1S/C19H29N5O4/c1-2-3-9-21-18(25)15-22-11-13-23(14-12-22)19(26)8-10-20-16-6-4-5-7-17(16)24(27)28/h4-7,20H,2-3,8-15H2,1H3,(H,21,25). The predicted octanol–water partition coefficient (Wildman–Crippen LogP) is 1.46. The molecule has 0 aromatic heterocycles. The van der Waals surface area contributed by atoms with Crippen LogP contribution in [0.25, 0.3) is 0 Å². The Kier molecular flexibility index (Phi) is 8.67. The predicted molar refractivity (Wildman–Crippen MR) is 107 cm³/mol. The topological polar surface area (TPSA) is 108 Å². The Morgan fingerprint density at radius 3 is 2.54 bits per heavy atom. The number of nitro benzene ring substituents is 1. The van der Waals surface area contributed by atoms with E-state index in [1.165, 1.54) is 6.07 Å². The monoisotopic (exact) mass is 391 g/mol. The number of hydrogen-bond acceptors (Lipinski definition) is 6.